The average molecular weight is 518 g/mol. The summed E-state index contributed by atoms with van der Waals surface area (Å²) in [6.45, 7) is 11.4. The van der Waals surface area contributed by atoms with Gasteiger partial charge in [-0.1, -0.05) is 13.8 Å². The molecule has 0 aromatic heterocycles. The highest BCUT2D eigenvalue weighted by molar-refractivity contribution is 7.47. The summed E-state index contributed by atoms with van der Waals surface area (Å²) in [6.07, 6.45) is -2.91. The molecule has 2 rings (SSSR count). The number of methoxy groups -OCH3 is 2. The van der Waals surface area contributed by atoms with E-state index in [2.05, 4.69) is 0 Å². The largest absolute Gasteiger partial charge is 0.472 e. The Morgan fingerprint density at radius 3 is 1.80 bits per heavy atom. The summed E-state index contributed by atoms with van der Waals surface area (Å²) in [6, 6.07) is -1.65. The van der Waals surface area contributed by atoms with Crippen molar-refractivity contribution >= 4 is 23.5 Å². The molecule has 0 saturated carbocycles. The molecule has 200 valence electrons. The number of hydrogen-bond acceptors (Lipinski definition) is 9. The lowest BCUT2D eigenvalue weighted by Gasteiger charge is -2.32. The minimum atomic E-state index is -4.60. The first kappa shape index (κ1) is 31.2. The quantitative estimate of drug-likeness (QED) is 0.288. The summed E-state index contributed by atoms with van der Waals surface area (Å²) in [5.74, 6) is 0. The Bertz CT molecular complexity index is 704. The van der Waals surface area contributed by atoms with Crippen LogP contribution in [-0.2, 0) is 42.0 Å². The maximum absolute atomic E-state index is 12.9. The van der Waals surface area contributed by atoms with Gasteiger partial charge in [-0.05, 0) is 40.5 Å². The maximum Gasteiger partial charge on any atom is 0.472 e. The Kier molecular flexibility index (Phi) is 11.3. The second-order valence-electron chi connectivity index (χ2n) is 10.2. The van der Waals surface area contributed by atoms with Crippen LogP contribution < -0.4 is 0 Å². The van der Waals surface area contributed by atoms with Crippen molar-refractivity contribution in [2.45, 2.75) is 114 Å². The summed E-state index contributed by atoms with van der Waals surface area (Å²) in [7, 11) is 10.4. The normalized spacial score (nSPS) is 35.9. The number of phosphoric acid groups is 1. The highest BCUT2D eigenvalue weighted by Crippen LogP contribution is 2.48. The van der Waals surface area contributed by atoms with Gasteiger partial charge in [-0.2, -0.15) is 0 Å². The van der Waals surface area contributed by atoms with E-state index in [0.717, 1.165) is 12.8 Å². The van der Waals surface area contributed by atoms with Crippen LogP contribution in [0.4, 0.5) is 0 Å². The Morgan fingerprint density at radius 1 is 0.857 bits per heavy atom. The highest BCUT2D eigenvalue weighted by atomic mass is 31.2. The Labute approximate surface area is 212 Å². The molecule has 2 aliphatic heterocycles. The first-order chi connectivity index (χ1) is 16.2. The van der Waals surface area contributed by atoms with Crippen LogP contribution in [0.3, 0.4) is 0 Å². The Morgan fingerprint density at radius 2 is 1.34 bits per heavy atom. The molecule has 35 heavy (non-hydrogen) atoms. The monoisotopic (exact) mass is 518 g/mol. The van der Waals surface area contributed by atoms with Gasteiger partial charge in [0.05, 0.1) is 24.4 Å². The van der Waals surface area contributed by atoms with Crippen molar-refractivity contribution in [1.29, 1.82) is 0 Å². The third-order valence-electron chi connectivity index (χ3n) is 6.47. The summed E-state index contributed by atoms with van der Waals surface area (Å²) in [5.41, 5.74) is -0.907. The third kappa shape index (κ3) is 8.50. The number of ether oxygens (including phenoxy) is 6. The molecular weight excluding hydrogens is 477 g/mol. The van der Waals surface area contributed by atoms with Crippen LogP contribution in [0.2, 0.25) is 0 Å². The summed E-state index contributed by atoms with van der Waals surface area (Å²) < 4.78 is 58.1. The van der Waals surface area contributed by atoms with Crippen molar-refractivity contribution in [3.63, 3.8) is 0 Å². The summed E-state index contributed by atoms with van der Waals surface area (Å²) >= 11 is 0. The fraction of sp³-hybridized carbons (Fsp3) is 1.00. The van der Waals surface area contributed by atoms with Crippen molar-refractivity contribution in [3.05, 3.63) is 0 Å². The molecule has 13 heteroatoms. The van der Waals surface area contributed by atoms with Crippen molar-refractivity contribution in [1.82, 2.24) is 0 Å². The van der Waals surface area contributed by atoms with Gasteiger partial charge in [-0.15, -0.1) is 0 Å². The first-order valence-corrected chi connectivity index (χ1v) is 13.5. The molecule has 2 aliphatic rings. The fourth-order valence-corrected chi connectivity index (χ4v) is 5.04. The number of rotatable bonds is 13. The van der Waals surface area contributed by atoms with Crippen LogP contribution in [0, 0.1) is 0 Å². The van der Waals surface area contributed by atoms with E-state index in [9.17, 15) is 9.46 Å². The van der Waals surface area contributed by atoms with Gasteiger partial charge in [0, 0.05) is 26.2 Å². The molecular formula is C22H41B2O10P. The standard InChI is InChI=1S/C22H41B2O10P/c1-9-22(6,10-2)29-11-13-16(18(28-8)20(24)31-13)34-35(25,26)30-12-14-15(33-21(3,4)5)17(27-7)19(23)32-14/h13-20H,9-12H2,1-8H3,(H,25,26). The lowest BCUT2D eigenvalue weighted by atomic mass is 9.92. The van der Waals surface area contributed by atoms with Crippen LogP contribution >= 0.6 is 7.82 Å². The molecule has 0 aromatic carbocycles. The predicted molar refractivity (Wildman–Crippen MR) is 131 cm³/mol. The fourth-order valence-electron chi connectivity index (χ4n) is 4.08. The molecule has 0 aromatic rings. The van der Waals surface area contributed by atoms with Crippen LogP contribution in [0.25, 0.3) is 0 Å². The van der Waals surface area contributed by atoms with E-state index in [-0.39, 0.29) is 18.8 Å². The molecule has 0 amide bonds. The molecule has 2 heterocycles. The molecule has 10 nitrogen and oxygen atoms in total. The Balaban J connectivity index is 2.08. The number of phosphoric ester groups is 1. The second kappa shape index (κ2) is 12.7. The van der Waals surface area contributed by atoms with Gasteiger partial charge in [0.2, 0.25) is 0 Å². The zero-order chi connectivity index (χ0) is 26.6. The molecule has 0 spiro atoms. The molecule has 9 unspecified atom stereocenters. The van der Waals surface area contributed by atoms with Crippen LogP contribution in [0.5, 0.6) is 0 Å². The zero-order valence-electron chi connectivity index (χ0n) is 22.2. The van der Waals surface area contributed by atoms with E-state index < -0.39 is 62.1 Å². The molecule has 0 bridgehead atoms. The highest BCUT2D eigenvalue weighted by Gasteiger charge is 2.49. The van der Waals surface area contributed by atoms with E-state index in [1.165, 1.54) is 14.2 Å². The van der Waals surface area contributed by atoms with E-state index in [4.69, 9.17) is 53.2 Å². The van der Waals surface area contributed by atoms with E-state index in [0.29, 0.717) is 0 Å². The Hall–Kier alpha value is -0.000130. The van der Waals surface area contributed by atoms with Gasteiger partial charge < -0.3 is 33.3 Å². The average Bonchev–Trinajstić information content (AvgIpc) is 3.23. The molecule has 4 radical (unpaired) electrons. The van der Waals surface area contributed by atoms with E-state index in [1.807, 2.05) is 41.5 Å². The minimum absolute atomic E-state index is 0.105. The molecule has 2 fully saturated rings. The zero-order valence-corrected chi connectivity index (χ0v) is 23.1. The lowest BCUT2D eigenvalue weighted by Crippen LogP contribution is -2.43. The smallest absolute Gasteiger partial charge is 0.377 e. The lowest BCUT2D eigenvalue weighted by molar-refractivity contribution is -0.125. The summed E-state index contributed by atoms with van der Waals surface area (Å²) in [5, 5.41) is 0. The minimum Gasteiger partial charge on any atom is -0.377 e. The first-order valence-electron chi connectivity index (χ1n) is 12.0. The van der Waals surface area contributed by atoms with Crippen molar-refractivity contribution in [3.8, 4) is 0 Å². The van der Waals surface area contributed by atoms with Crippen LogP contribution in [-0.4, -0.2) is 108 Å². The van der Waals surface area contributed by atoms with Gasteiger partial charge in [0.25, 0.3) is 0 Å². The van der Waals surface area contributed by atoms with Crippen molar-refractivity contribution < 1.29 is 46.9 Å². The van der Waals surface area contributed by atoms with E-state index in [1.54, 1.807) is 0 Å². The van der Waals surface area contributed by atoms with Crippen molar-refractivity contribution in [2.24, 2.45) is 0 Å². The molecule has 0 aliphatic carbocycles. The maximum atomic E-state index is 12.9. The summed E-state index contributed by atoms with van der Waals surface area (Å²) in [4.78, 5) is 10.5. The number of hydrogen-bond donors (Lipinski definition) is 1. The molecule has 2 saturated heterocycles. The van der Waals surface area contributed by atoms with Crippen molar-refractivity contribution in [2.75, 3.05) is 27.4 Å². The second-order valence-corrected chi connectivity index (χ2v) is 11.6. The predicted octanol–water partition coefficient (Wildman–Crippen LogP) is 2.08. The molecule has 9 atom stereocenters. The van der Waals surface area contributed by atoms with Gasteiger partial charge in [0.1, 0.15) is 52.3 Å². The molecule has 1 N–H and O–H groups in total. The SMILES string of the molecule is [B]C1OC(COP(=O)(O)OC2C(COC(C)(CC)CC)OC([B])C2OC)C(OC(C)(C)C)C1OC. The van der Waals surface area contributed by atoms with Crippen LogP contribution in [0.15, 0.2) is 0 Å². The van der Waals surface area contributed by atoms with Gasteiger partial charge in [-0.3, -0.25) is 9.05 Å². The topological polar surface area (TPSA) is 111 Å². The van der Waals surface area contributed by atoms with Gasteiger partial charge >= 0.3 is 7.82 Å². The van der Waals surface area contributed by atoms with Crippen LogP contribution in [0.1, 0.15) is 54.4 Å². The van der Waals surface area contributed by atoms with E-state index >= 15 is 0 Å². The third-order valence-corrected chi connectivity index (χ3v) is 7.46. The van der Waals surface area contributed by atoms with Gasteiger partial charge in [0.15, 0.2) is 0 Å². The van der Waals surface area contributed by atoms with Gasteiger partial charge in [-0.25, -0.2) is 4.57 Å².